The van der Waals surface area contributed by atoms with E-state index in [1.165, 1.54) is 0 Å². The molecule has 0 amide bonds. The number of benzene rings is 2. The summed E-state index contributed by atoms with van der Waals surface area (Å²) in [6, 6.07) is 11.7. The Morgan fingerprint density at radius 2 is 1.88 bits per heavy atom. The number of rotatable bonds is 0. The van der Waals surface area contributed by atoms with Crippen LogP contribution < -0.4 is 5.63 Å². The van der Waals surface area contributed by atoms with Crippen molar-refractivity contribution in [2.24, 2.45) is 0 Å². The van der Waals surface area contributed by atoms with Crippen LogP contribution in [0.3, 0.4) is 0 Å². The fourth-order valence-electron chi connectivity index (χ4n) is 2.13. The first-order valence-electron chi connectivity index (χ1n) is 5.29. The Bertz CT molecular complexity index is 787. The van der Waals surface area contributed by atoms with Gasteiger partial charge >= 0.3 is 5.63 Å². The van der Waals surface area contributed by atoms with Crippen molar-refractivity contribution in [3.63, 3.8) is 0 Å². The molecule has 0 unspecified atom stereocenters. The van der Waals surface area contributed by atoms with Crippen molar-refractivity contribution < 1.29 is 4.42 Å². The quantitative estimate of drug-likeness (QED) is 0.443. The summed E-state index contributed by atoms with van der Waals surface area (Å²) in [6.07, 6.45) is 0. The molecule has 0 aliphatic carbocycles. The summed E-state index contributed by atoms with van der Waals surface area (Å²) in [5.74, 6) is 0. The average molecular weight is 245 g/mol. The summed E-state index contributed by atoms with van der Waals surface area (Å²) in [6.45, 7) is 1.84. The van der Waals surface area contributed by atoms with Gasteiger partial charge in [0.25, 0.3) is 0 Å². The lowest BCUT2D eigenvalue weighted by molar-refractivity contribution is 0.560. The van der Waals surface area contributed by atoms with Crippen LogP contribution in [0.2, 0.25) is 5.02 Å². The molecule has 17 heavy (non-hydrogen) atoms. The first kappa shape index (κ1) is 10.4. The van der Waals surface area contributed by atoms with Crippen molar-refractivity contribution in [1.82, 2.24) is 0 Å². The van der Waals surface area contributed by atoms with E-state index in [9.17, 15) is 4.79 Å². The van der Waals surface area contributed by atoms with Gasteiger partial charge in [-0.05, 0) is 29.3 Å². The molecule has 0 spiro atoms. The summed E-state index contributed by atoms with van der Waals surface area (Å²) < 4.78 is 5.19. The molecular weight excluding hydrogens is 236 g/mol. The Kier molecular flexibility index (Phi) is 2.20. The minimum Gasteiger partial charge on any atom is -0.422 e. The molecule has 84 valence electrons. The SMILES string of the molecule is Cc1c(Cl)c(=O)oc2ccc3ccccc3c12. The molecule has 2 aromatic carbocycles. The molecule has 1 aromatic heterocycles. The first-order chi connectivity index (χ1) is 8.18. The van der Waals surface area contributed by atoms with Crippen LogP contribution in [-0.2, 0) is 0 Å². The number of aryl methyl sites for hydroxylation is 1. The lowest BCUT2D eigenvalue weighted by Crippen LogP contribution is -2.01. The smallest absolute Gasteiger partial charge is 0.355 e. The van der Waals surface area contributed by atoms with Crippen LogP contribution in [0, 0.1) is 6.92 Å². The number of hydrogen-bond acceptors (Lipinski definition) is 2. The second-order valence-corrected chi connectivity index (χ2v) is 4.37. The highest BCUT2D eigenvalue weighted by Crippen LogP contribution is 2.29. The van der Waals surface area contributed by atoms with Crippen LogP contribution in [0.5, 0.6) is 0 Å². The van der Waals surface area contributed by atoms with Crippen LogP contribution in [0.1, 0.15) is 5.56 Å². The zero-order valence-corrected chi connectivity index (χ0v) is 9.91. The maximum absolute atomic E-state index is 11.5. The highest BCUT2D eigenvalue weighted by atomic mass is 35.5. The average Bonchev–Trinajstić information content (AvgIpc) is 2.35. The molecule has 0 saturated carbocycles. The van der Waals surface area contributed by atoms with Crippen molar-refractivity contribution >= 4 is 33.3 Å². The number of fused-ring (bicyclic) bond motifs is 3. The maximum Gasteiger partial charge on any atom is 0.355 e. The Morgan fingerprint density at radius 3 is 2.71 bits per heavy atom. The van der Waals surface area contributed by atoms with Crippen LogP contribution in [0.25, 0.3) is 21.7 Å². The third kappa shape index (κ3) is 1.45. The van der Waals surface area contributed by atoms with Crippen LogP contribution in [0.4, 0.5) is 0 Å². The molecule has 0 fully saturated rings. The molecular formula is C14H9ClO2. The van der Waals surface area contributed by atoms with Gasteiger partial charge in [0.1, 0.15) is 10.6 Å². The standard InChI is InChI=1S/C14H9ClO2/c1-8-12-10-5-3-2-4-9(10)6-7-11(12)17-14(16)13(8)15/h2-7H,1H3. The van der Waals surface area contributed by atoms with Gasteiger partial charge in [-0.2, -0.15) is 0 Å². The Morgan fingerprint density at radius 1 is 1.12 bits per heavy atom. The minimum absolute atomic E-state index is 0.161. The Hall–Kier alpha value is -1.80. The fraction of sp³-hybridized carbons (Fsp3) is 0.0714. The number of hydrogen-bond donors (Lipinski definition) is 0. The Balaban J connectivity index is 2.67. The predicted octanol–water partition coefficient (Wildman–Crippen LogP) is 3.91. The zero-order valence-electron chi connectivity index (χ0n) is 9.16. The van der Waals surface area contributed by atoms with Gasteiger partial charge in [0.15, 0.2) is 0 Å². The minimum atomic E-state index is -0.480. The largest absolute Gasteiger partial charge is 0.422 e. The van der Waals surface area contributed by atoms with E-state index in [1.54, 1.807) is 0 Å². The van der Waals surface area contributed by atoms with Gasteiger partial charge in [-0.15, -0.1) is 0 Å². The molecule has 0 radical (unpaired) electrons. The van der Waals surface area contributed by atoms with Gasteiger partial charge in [0.05, 0.1) is 0 Å². The van der Waals surface area contributed by atoms with Crippen molar-refractivity contribution in [1.29, 1.82) is 0 Å². The predicted molar refractivity (Wildman–Crippen MR) is 69.7 cm³/mol. The second-order valence-electron chi connectivity index (χ2n) is 3.99. The van der Waals surface area contributed by atoms with E-state index >= 15 is 0 Å². The van der Waals surface area contributed by atoms with Gasteiger partial charge in [-0.25, -0.2) is 4.79 Å². The summed E-state index contributed by atoms with van der Waals surface area (Å²) >= 11 is 5.95. The maximum atomic E-state index is 11.5. The van der Waals surface area contributed by atoms with E-state index in [-0.39, 0.29) is 5.02 Å². The molecule has 0 aliphatic heterocycles. The van der Waals surface area contributed by atoms with Crippen molar-refractivity contribution in [2.45, 2.75) is 6.92 Å². The molecule has 1 heterocycles. The molecule has 0 bridgehead atoms. The van der Waals surface area contributed by atoms with E-state index in [4.69, 9.17) is 16.0 Å². The molecule has 0 atom stereocenters. The monoisotopic (exact) mass is 244 g/mol. The highest BCUT2D eigenvalue weighted by molar-refractivity contribution is 6.32. The third-order valence-corrected chi connectivity index (χ3v) is 3.41. The molecule has 0 aliphatic rings. The lowest BCUT2D eigenvalue weighted by atomic mass is 10.0. The van der Waals surface area contributed by atoms with E-state index in [2.05, 4.69) is 0 Å². The summed E-state index contributed by atoms with van der Waals surface area (Å²) in [4.78, 5) is 11.5. The highest BCUT2D eigenvalue weighted by Gasteiger charge is 2.11. The molecule has 0 saturated heterocycles. The van der Waals surface area contributed by atoms with Gasteiger partial charge in [0.2, 0.25) is 0 Å². The molecule has 3 heteroatoms. The molecule has 0 N–H and O–H groups in total. The summed E-state index contributed by atoms with van der Waals surface area (Å²) in [5.41, 5.74) is 0.872. The van der Waals surface area contributed by atoms with Gasteiger partial charge in [-0.3, -0.25) is 0 Å². The Labute approximate surface area is 102 Å². The van der Waals surface area contributed by atoms with Gasteiger partial charge < -0.3 is 4.42 Å². The topological polar surface area (TPSA) is 30.2 Å². The van der Waals surface area contributed by atoms with Gasteiger partial charge in [-0.1, -0.05) is 41.9 Å². The van der Waals surface area contributed by atoms with E-state index < -0.39 is 5.63 Å². The molecule has 3 rings (SSSR count). The van der Waals surface area contributed by atoms with Gasteiger partial charge in [0, 0.05) is 5.39 Å². The molecule has 2 nitrogen and oxygen atoms in total. The molecule has 3 aromatic rings. The fourth-order valence-corrected chi connectivity index (χ4v) is 2.26. The van der Waals surface area contributed by atoms with E-state index in [1.807, 2.05) is 43.3 Å². The second kappa shape index (κ2) is 3.60. The van der Waals surface area contributed by atoms with Crippen LogP contribution in [-0.4, -0.2) is 0 Å². The van der Waals surface area contributed by atoms with Crippen LogP contribution in [0.15, 0.2) is 45.6 Å². The van der Waals surface area contributed by atoms with Crippen molar-refractivity contribution in [2.75, 3.05) is 0 Å². The normalized spacial score (nSPS) is 11.2. The lowest BCUT2D eigenvalue weighted by Gasteiger charge is -2.06. The third-order valence-electron chi connectivity index (χ3n) is 2.98. The first-order valence-corrected chi connectivity index (χ1v) is 5.67. The van der Waals surface area contributed by atoms with Crippen molar-refractivity contribution in [3.05, 3.63) is 57.4 Å². The van der Waals surface area contributed by atoms with E-state index in [0.717, 1.165) is 21.7 Å². The van der Waals surface area contributed by atoms with E-state index in [0.29, 0.717) is 5.58 Å². The zero-order chi connectivity index (χ0) is 12.0. The summed E-state index contributed by atoms with van der Waals surface area (Å²) in [5, 5.41) is 3.22. The van der Waals surface area contributed by atoms with Crippen LogP contribution >= 0.6 is 11.6 Å². The number of halogens is 1. The summed E-state index contributed by atoms with van der Waals surface area (Å²) in [7, 11) is 0. The van der Waals surface area contributed by atoms with Crippen molar-refractivity contribution in [3.8, 4) is 0 Å².